The van der Waals surface area contributed by atoms with Crippen molar-refractivity contribution in [2.24, 2.45) is 5.41 Å². The molecule has 1 atom stereocenters. The maximum Gasteiger partial charge on any atom is 0.159 e. The van der Waals surface area contributed by atoms with E-state index in [-0.39, 0.29) is 23.1 Å². The largest absolute Gasteiger partial charge is 0.306 e. The average Bonchev–Trinajstić information content (AvgIpc) is 3.09. The third-order valence-corrected chi connectivity index (χ3v) is 5.62. The van der Waals surface area contributed by atoms with Gasteiger partial charge in [-0.15, -0.1) is 0 Å². The lowest BCUT2D eigenvalue weighted by atomic mass is 9.74. The SMILES string of the molecule is CC(=O)c1cccc(CN[C@@H]2CC(C)(C)Cc3c2cnn3-c2cccc(F)c2)c1. The normalized spacial score (nSPS) is 17.7. The van der Waals surface area contributed by atoms with Gasteiger partial charge in [0, 0.05) is 29.4 Å². The molecule has 5 heteroatoms. The van der Waals surface area contributed by atoms with Crippen LogP contribution in [-0.4, -0.2) is 15.6 Å². The molecule has 1 N–H and O–H groups in total. The van der Waals surface area contributed by atoms with Crippen molar-refractivity contribution in [1.82, 2.24) is 15.1 Å². The fourth-order valence-electron chi connectivity index (χ4n) is 4.20. The number of nitrogens with zero attached hydrogens (tertiary/aromatic N) is 2. The molecule has 1 aromatic heterocycles. The van der Waals surface area contributed by atoms with Crippen molar-refractivity contribution in [1.29, 1.82) is 0 Å². The number of carbonyl (C=O) groups is 1. The van der Waals surface area contributed by atoms with Crippen LogP contribution >= 0.6 is 0 Å². The number of nitrogens with one attached hydrogen (secondary N) is 1. The molecule has 0 spiro atoms. The van der Waals surface area contributed by atoms with Gasteiger partial charge < -0.3 is 5.32 Å². The zero-order valence-corrected chi connectivity index (χ0v) is 17.1. The van der Waals surface area contributed by atoms with Crippen LogP contribution in [0.15, 0.2) is 54.7 Å². The van der Waals surface area contributed by atoms with Crippen molar-refractivity contribution < 1.29 is 9.18 Å². The minimum absolute atomic E-state index is 0.0734. The molecule has 1 aliphatic carbocycles. The first-order valence-electron chi connectivity index (χ1n) is 9.98. The lowest BCUT2D eigenvalue weighted by Gasteiger charge is -2.36. The van der Waals surface area contributed by atoms with E-state index < -0.39 is 0 Å². The Hall–Kier alpha value is -2.79. The van der Waals surface area contributed by atoms with Crippen molar-refractivity contribution in [3.63, 3.8) is 0 Å². The van der Waals surface area contributed by atoms with Crippen LogP contribution in [-0.2, 0) is 13.0 Å². The molecule has 0 saturated heterocycles. The second kappa shape index (κ2) is 7.56. The highest BCUT2D eigenvalue weighted by molar-refractivity contribution is 5.94. The summed E-state index contributed by atoms with van der Waals surface area (Å²) >= 11 is 0. The second-order valence-corrected chi connectivity index (χ2v) is 8.67. The average molecular weight is 391 g/mol. The highest BCUT2D eigenvalue weighted by Crippen LogP contribution is 2.41. The first-order valence-corrected chi connectivity index (χ1v) is 9.98. The first kappa shape index (κ1) is 19.5. The number of hydrogen-bond acceptors (Lipinski definition) is 3. The molecule has 1 aliphatic rings. The summed E-state index contributed by atoms with van der Waals surface area (Å²) in [5, 5.41) is 8.24. The first-order chi connectivity index (χ1) is 13.8. The smallest absolute Gasteiger partial charge is 0.159 e. The van der Waals surface area contributed by atoms with Gasteiger partial charge in [0.25, 0.3) is 0 Å². The van der Waals surface area contributed by atoms with Crippen LogP contribution in [0, 0.1) is 11.2 Å². The maximum absolute atomic E-state index is 13.7. The van der Waals surface area contributed by atoms with E-state index in [1.807, 2.05) is 41.2 Å². The van der Waals surface area contributed by atoms with Crippen LogP contribution in [0.5, 0.6) is 0 Å². The summed E-state index contributed by atoms with van der Waals surface area (Å²) in [6.45, 7) is 6.77. The van der Waals surface area contributed by atoms with Crippen molar-refractivity contribution in [3.8, 4) is 5.69 Å². The van der Waals surface area contributed by atoms with Crippen LogP contribution in [0.25, 0.3) is 5.69 Å². The van der Waals surface area contributed by atoms with Gasteiger partial charge in [-0.25, -0.2) is 9.07 Å². The molecule has 3 aromatic rings. The van der Waals surface area contributed by atoms with Gasteiger partial charge in [-0.2, -0.15) is 5.10 Å². The van der Waals surface area contributed by atoms with E-state index in [9.17, 15) is 9.18 Å². The number of benzene rings is 2. The van der Waals surface area contributed by atoms with Gasteiger partial charge in [0.15, 0.2) is 5.78 Å². The predicted octanol–water partition coefficient (Wildman–Crippen LogP) is 5.02. The van der Waals surface area contributed by atoms with Crippen LogP contribution in [0.4, 0.5) is 4.39 Å². The fourth-order valence-corrected chi connectivity index (χ4v) is 4.20. The van der Waals surface area contributed by atoms with Crippen molar-refractivity contribution >= 4 is 5.78 Å². The minimum Gasteiger partial charge on any atom is -0.306 e. The quantitative estimate of drug-likeness (QED) is 0.622. The maximum atomic E-state index is 13.7. The Kier molecular flexibility index (Phi) is 5.09. The molecular weight excluding hydrogens is 365 g/mol. The molecule has 0 unspecified atom stereocenters. The fraction of sp³-hybridized carbons (Fsp3) is 0.333. The van der Waals surface area contributed by atoms with E-state index in [0.717, 1.165) is 40.9 Å². The zero-order valence-electron chi connectivity index (χ0n) is 17.1. The van der Waals surface area contributed by atoms with E-state index in [2.05, 4.69) is 24.3 Å². The Labute approximate surface area is 170 Å². The molecule has 0 radical (unpaired) electrons. The molecule has 0 amide bonds. The van der Waals surface area contributed by atoms with Gasteiger partial charge in [0.2, 0.25) is 0 Å². The third kappa shape index (κ3) is 4.15. The number of halogens is 1. The molecule has 0 aliphatic heterocycles. The lowest BCUT2D eigenvalue weighted by molar-refractivity contribution is 0.101. The van der Waals surface area contributed by atoms with Crippen molar-refractivity contribution in [2.75, 3.05) is 0 Å². The third-order valence-electron chi connectivity index (χ3n) is 5.62. The van der Waals surface area contributed by atoms with E-state index in [1.54, 1.807) is 13.0 Å². The summed E-state index contributed by atoms with van der Waals surface area (Å²) in [5.74, 6) is -0.189. The monoisotopic (exact) mass is 391 g/mol. The van der Waals surface area contributed by atoms with Gasteiger partial charge in [-0.05, 0) is 55.0 Å². The summed E-state index contributed by atoms with van der Waals surface area (Å²) in [5.41, 5.74) is 4.94. The van der Waals surface area contributed by atoms with Crippen molar-refractivity contribution in [3.05, 3.63) is 82.9 Å². The summed E-state index contributed by atoms with van der Waals surface area (Å²) < 4.78 is 15.6. The molecular formula is C24H26FN3O. The Morgan fingerprint density at radius 3 is 2.79 bits per heavy atom. The van der Waals surface area contributed by atoms with Gasteiger partial charge in [0.05, 0.1) is 11.9 Å². The van der Waals surface area contributed by atoms with E-state index >= 15 is 0 Å². The van der Waals surface area contributed by atoms with Gasteiger partial charge in [-0.1, -0.05) is 38.1 Å². The number of ketones is 1. The second-order valence-electron chi connectivity index (χ2n) is 8.67. The highest BCUT2D eigenvalue weighted by atomic mass is 19.1. The number of rotatable bonds is 5. The summed E-state index contributed by atoms with van der Waals surface area (Å²) in [6.07, 6.45) is 3.78. The van der Waals surface area contributed by atoms with Crippen LogP contribution in [0.3, 0.4) is 0 Å². The molecule has 0 fully saturated rings. The van der Waals surface area contributed by atoms with Crippen molar-refractivity contribution in [2.45, 2.75) is 46.2 Å². The van der Waals surface area contributed by atoms with Crippen LogP contribution in [0.1, 0.15) is 60.4 Å². The van der Waals surface area contributed by atoms with Crippen LogP contribution in [0.2, 0.25) is 0 Å². The Morgan fingerprint density at radius 2 is 2.03 bits per heavy atom. The van der Waals surface area contributed by atoms with E-state index in [0.29, 0.717) is 6.54 Å². The van der Waals surface area contributed by atoms with E-state index in [4.69, 9.17) is 0 Å². The standard InChI is InChI=1S/C24H26FN3O/c1-16(29)18-7-4-6-17(10-18)14-26-22-12-24(2,3)13-23-21(22)15-27-28(23)20-9-5-8-19(25)11-20/h4-11,15,22,26H,12-14H2,1-3H3/t22-/m1/s1. The molecule has 2 aromatic carbocycles. The number of fused-ring (bicyclic) bond motifs is 1. The molecule has 4 rings (SSSR count). The summed E-state index contributed by atoms with van der Waals surface area (Å²) in [7, 11) is 0. The molecule has 0 saturated carbocycles. The zero-order chi connectivity index (χ0) is 20.6. The predicted molar refractivity (Wildman–Crippen MR) is 112 cm³/mol. The van der Waals surface area contributed by atoms with Gasteiger partial charge >= 0.3 is 0 Å². The van der Waals surface area contributed by atoms with Gasteiger partial charge in [0.1, 0.15) is 5.82 Å². The molecule has 29 heavy (non-hydrogen) atoms. The Morgan fingerprint density at radius 1 is 1.24 bits per heavy atom. The van der Waals surface area contributed by atoms with Gasteiger partial charge in [-0.3, -0.25) is 4.79 Å². The minimum atomic E-state index is -0.262. The lowest BCUT2D eigenvalue weighted by Crippen LogP contribution is -2.33. The number of carbonyl (C=O) groups excluding carboxylic acids is 1. The summed E-state index contributed by atoms with van der Waals surface area (Å²) in [4.78, 5) is 11.7. The highest BCUT2D eigenvalue weighted by Gasteiger charge is 2.35. The number of Topliss-reactive ketones (excluding diaryl/α,β-unsaturated/α-hetero) is 1. The number of hydrogen-bond donors (Lipinski definition) is 1. The molecule has 150 valence electrons. The number of aromatic nitrogens is 2. The topological polar surface area (TPSA) is 46.9 Å². The van der Waals surface area contributed by atoms with E-state index in [1.165, 1.54) is 12.1 Å². The molecule has 4 nitrogen and oxygen atoms in total. The summed E-state index contributed by atoms with van der Waals surface area (Å²) in [6, 6.07) is 14.5. The Balaban J connectivity index is 1.62. The van der Waals surface area contributed by atoms with Crippen LogP contribution < -0.4 is 5.32 Å². The molecule has 1 heterocycles. The molecule has 0 bridgehead atoms. The Bertz CT molecular complexity index is 1050.